The average molecular weight is 371 g/mol. The van der Waals surface area contributed by atoms with Crippen LogP contribution in [0.2, 0.25) is 0 Å². The van der Waals surface area contributed by atoms with E-state index < -0.39 is 22.9 Å². The van der Waals surface area contributed by atoms with Crippen molar-refractivity contribution in [3.05, 3.63) is 59.7 Å². The minimum atomic E-state index is -1.01. The van der Waals surface area contributed by atoms with Crippen LogP contribution in [0, 0.1) is 0 Å². The molecule has 0 radical (unpaired) electrons. The van der Waals surface area contributed by atoms with E-state index in [0.29, 0.717) is 18.5 Å². The molecule has 2 aromatic rings. The third-order valence-corrected chi connectivity index (χ3v) is 5.34. The van der Waals surface area contributed by atoms with Crippen LogP contribution in [0.25, 0.3) is 11.1 Å². The number of hydrogen-bond acceptors (Lipinski definition) is 4. The first-order chi connectivity index (χ1) is 12.6. The molecule has 3 rings (SSSR count). The van der Waals surface area contributed by atoms with Crippen LogP contribution in [0.15, 0.2) is 48.5 Å². The van der Waals surface area contributed by atoms with Gasteiger partial charge in [0, 0.05) is 28.7 Å². The Morgan fingerprint density at radius 1 is 1.15 bits per heavy atom. The van der Waals surface area contributed by atoms with Crippen molar-refractivity contribution in [2.75, 3.05) is 18.6 Å². The summed E-state index contributed by atoms with van der Waals surface area (Å²) in [5.74, 6) is 0.332. The Hall–Kier alpha value is -2.47. The van der Waals surface area contributed by atoms with E-state index in [0.717, 1.165) is 22.3 Å². The van der Waals surface area contributed by atoms with E-state index in [1.165, 1.54) is 0 Å². The van der Waals surface area contributed by atoms with Crippen LogP contribution in [0.4, 0.5) is 4.79 Å². The van der Waals surface area contributed by atoms with Gasteiger partial charge >= 0.3 is 6.09 Å². The molecule has 1 aliphatic rings. The molecule has 2 atom stereocenters. The van der Waals surface area contributed by atoms with Gasteiger partial charge in [-0.15, -0.1) is 0 Å². The first-order valence-electron chi connectivity index (χ1n) is 8.47. The average Bonchev–Trinajstić information content (AvgIpc) is 2.97. The predicted octanol–water partition coefficient (Wildman–Crippen LogP) is 2.86. The molecule has 1 aliphatic carbocycles. The first kappa shape index (κ1) is 18.3. The molecule has 1 unspecified atom stereocenters. The number of aldehydes is 1. The lowest BCUT2D eigenvalue weighted by Crippen LogP contribution is -2.37. The summed E-state index contributed by atoms with van der Waals surface area (Å²) in [5.41, 5.74) is 4.59. The highest BCUT2D eigenvalue weighted by Gasteiger charge is 2.29. The number of fused-ring (bicyclic) bond motifs is 3. The third kappa shape index (κ3) is 4.02. The normalized spacial score (nSPS) is 14.8. The number of nitrogens with one attached hydrogen (secondary N) is 1. The van der Waals surface area contributed by atoms with Crippen LogP contribution in [0.1, 0.15) is 23.5 Å². The molecule has 2 aromatic carbocycles. The third-order valence-electron chi connectivity index (χ3n) is 4.53. The Morgan fingerprint density at radius 3 is 2.27 bits per heavy atom. The molecule has 0 saturated heterocycles. The van der Waals surface area contributed by atoms with Crippen LogP contribution in [-0.4, -0.2) is 41.2 Å². The van der Waals surface area contributed by atoms with Gasteiger partial charge in [-0.05, 0) is 28.7 Å². The van der Waals surface area contributed by atoms with Gasteiger partial charge in [0.15, 0.2) is 0 Å². The van der Waals surface area contributed by atoms with Crippen LogP contribution in [0.3, 0.4) is 0 Å². The van der Waals surface area contributed by atoms with Crippen molar-refractivity contribution < 1.29 is 18.5 Å². The van der Waals surface area contributed by atoms with Crippen molar-refractivity contribution in [2.45, 2.75) is 18.4 Å². The fourth-order valence-corrected chi connectivity index (χ4v) is 3.84. The van der Waals surface area contributed by atoms with E-state index in [9.17, 15) is 13.8 Å². The molecule has 5 nitrogen and oxygen atoms in total. The zero-order chi connectivity index (χ0) is 18.5. The van der Waals surface area contributed by atoms with Crippen molar-refractivity contribution in [3.63, 3.8) is 0 Å². The van der Waals surface area contributed by atoms with Gasteiger partial charge < -0.3 is 14.8 Å². The lowest BCUT2D eigenvalue weighted by Gasteiger charge is -2.16. The van der Waals surface area contributed by atoms with Crippen LogP contribution < -0.4 is 5.32 Å². The second kappa shape index (κ2) is 8.27. The molecule has 0 fully saturated rings. The topological polar surface area (TPSA) is 72.5 Å². The Labute approximate surface area is 155 Å². The van der Waals surface area contributed by atoms with E-state index in [-0.39, 0.29) is 12.5 Å². The summed E-state index contributed by atoms with van der Waals surface area (Å²) in [7, 11) is -1.01. The molecule has 1 amide bonds. The first-order valence-corrected chi connectivity index (χ1v) is 10.2. The SMILES string of the molecule is CS(=O)CC[C@@H](C=O)NC(=O)OCC1c2ccccc2-c2ccccc21. The largest absolute Gasteiger partial charge is 0.449 e. The van der Waals surface area contributed by atoms with Gasteiger partial charge in [0.25, 0.3) is 0 Å². The number of hydrogen-bond donors (Lipinski definition) is 1. The number of ether oxygens (including phenoxy) is 1. The van der Waals surface area contributed by atoms with Crippen LogP contribution >= 0.6 is 0 Å². The smallest absolute Gasteiger partial charge is 0.407 e. The Kier molecular flexibility index (Phi) is 5.83. The van der Waals surface area contributed by atoms with Gasteiger partial charge in [0.05, 0.1) is 6.04 Å². The van der Waals surface area contributed by atoms with E-state index >= 15 is 0 Å². The molecule has 0 spiro atoms. The molecule has 0 saturated carbocycles. The molecule has 1 N–H and O–H groups in total. The van der Waals surface area contributed by atoms with E-state index in [4.69, 9.17) is 4.74 Å². The summed E-state index contributed by atoms with van der Waals surface area (Å²) in [6.07, 6.45) is 1.91. The lowest BCUT2D eigenvalue weighted by molar-refractivity contribution is -0.109. The minimum Gasteiger partial charge on any atom is -0.449 e. The molecular weight excluding hydrogens is 350 g/mol. The highest BCUT2D eigenvalue weighted by Crippen LogP contribution is 2.44. The summed E-state index contributed by atoms with van der Waals surface area (Å²) >= 11 is 0. The summed E-state index contributed by atoms with van der Waals surface area (Å²) in [4.78, 5) is 23.1. The quantitative estimate of drug-likeness (QED) is 0.760. The molecule has 0 aromatic heterocycles. The molecule has 0 aliphatic heterocycles. The number of carbonyl (C=O) groups is 2. The second-order valence-electron chi connectivity index (χ2n) is 6.28. The lowest BCUT2D eigenvalue weighted by atomic mass is 9.98. The second-order valence-corrected chi connectivity index (χ2v) is 7.83. The van der Waals surface area contributed by atoms with Gasteiger partial charge in [-0.1, -0.05) is 48.5 Å². The summed E-state index contributed by atoms with van der Waals surface area (Å²) in [5, 5.41) is 2.53. The Bertz CT molecular complexity index is 791. The highest BCUT2D eigenvalue weighted by molar-refractivity contribution is 7.84. The number of alkyl carbamates (subject to hydrolysis) is 1. The van der Waals surface area contributed by atoms with E-state index in [1.54, 1.807) is 6.26 Å². The van der Waals surface area contributed by atoms with E-state index in [2.05, 4.69) is 17.4 Å². The zero-order valence-electron chi connectivity index (χ0n) is 14.5. The fourth-order valence-electron chi connectivity index (χ4n) is 3.26. The zero-order valence-corrected chi connectivity index (χ0v) is 15.3. The van der Waals surface area contributed by atoms with Crippen molar-refractivity contribution in [3.8, 4) is 11.1 Å². The van der Waals surface area contributed by atoms with Crippen molar-refractivity contribution in [1.82, 2.24) is 5.32 Å². The van der Waals surface area contributed by atoms with Crippen molar-refractivity contribution in [2.24, 2.45) is 0 Å². The van der Waals surface area contributed by atoms with Crippen LogP contribution in [0.5, 0.6) is 0 Å². The molecule has 0 bridgehead atoms. The predicted molar refractivity (Wildman–Crippen MR) is 102 cm³/mol. The minimum absolute atomic E-state index is 0.0222. The van der Waals surface area contributed by atoms with E-state index in [1.807, 2.05) is 36.4 Å². The molecule has 0 heterocycles. The van der Waals surface area contributed by atoms with Gasteiger partial charge in [-0.25, -0.2) is 4.79 Å². The summed E-state index contributed by atoms with van der Waals surface area (Å²) in [6.45, 7) is 0.200. The number of rotatable bonds is 7. The van der Waals surface area contributed by atoms with Gasteiger partial charge in [0.1, 0.15) is 12.9 Å². The fraction of sp³-hybridized carbons (Fsp3) is 0.300. The van der Waals surface area contributed by atoms with Crippen molar-refractivity contribution >= 4 is 23.2 Å². The molecule has 6 heteroatoms. The molecule has 136 valence electrons. The number of benzene rings is 2. The van der Waals surface area contributed by atoms with Gasteiger partial charge in [0.2, 0.25) is 0 Å². The Balaban J connectivity index is 1.65. The summed E-state index contributed by atoms with van der Waals surface area (Å²) < 4.78 is 16.5. The monoisotopic (exact) mass is 371 g/mol. The highest BCUT2D eigenvalue weighted by atomic mass is 32.2. The van der Waals surface area contributed by atoms with Crippen LogP contribution in [-0.2, 0) is 20.3 Å². The number of amides is 1. The summed E-state index contributed by atoms with van der Waals surface area (Å²) in [6, 6.07) is 15.5. The van der Waals surface area contributed by atoms with Crippen molar-refractivity contribution in [1.29, 1.82) is 0 Å². The van der Waals surface area contributed by atoms with Gasteiger partial charge in [-0.2, -0.15) is 0 Å². The molecular formula is C20H21NO4S. The maximum absolute atomic E-state index is 12.1. The number of carbonyl (C=O) groups excluding carboxylic acids is 2. The standard InChI is InChI=1S/C20H21NO4S/c1-26(24)11-10-14(12-22)21-20(23)25-13-19-17-8-4-2-6-15(17)16-7-3-5-9-18(16)19/h2-9,12,14,19H,10-11,13H2,1H3,(H,21,23)/t14-,26?/m0/s1. The van der Waals surface area contributed by atoms with Gasteiger partial charge in [-0.3, -0.25) is 4.21 Å². The Morgan fingerprint density at radius 2 is 1.73 bits per heavy atom. The molecule has 26 heavy (non-hydrogen) atoms. The maximum atomic E-state index is 12.1. The maximum Gasteiger partial charge on any atom is 0.407 e.